The van der Waals surface area contributed by atoms with Crippen molar-refractivity contribution in [3.63, 3.8) is 0 Å². The molecule has 0 bridgehead atoms. The van der Waals surface area contributed by atoms with Crippen molar-refractivity contribution >= 4 is 40.8 Å². The van der Waals surface area contributed by atoms with E-state index in [1.54, 1.807) is 0 Å². The molecule has 0 aromatic carbocycles. The molecule has 2 atom stereocenters. The summed E-state index contributed by atoms with van der Waals surface area (Å²) in [6, 6.07) is 0. The van der Waals surface area contributed by atoms with Crippen LogP contribution >= 0.6 is 34.9 Å². The number of hydrogen-bond donors (Lipinski definition) is 0. The highest BCUT2D eigenvalue weighted by molar-refractivity contribution is 8.06. The molecule has 1 fully saturated rings. The van der Waals surface area contributed by atoms with Crippen LogP contribution in [0, 0.1) is 0 Å². The molecule has 1 saturated heterocycles. The second kappa shape index (κ2) is 6.06. The normalized spacial score (nSPS) is 26.2. The second-order valence-corrected chi connectivity index (χ2v) is 8.21. The predicted molar refractivity (Wildman–Crippen MR) is 82.3 cm³/mol. The van der Waals surface area contributed by atoms with Gasteiger partial charge in [0.15, 0.2) is 0 Å². The lowest BCUT2D eigenvalue weighted by Crippen LogP contribution is -2.14. The lowest BCUT2D eigenvalue weighted by atomic mass is 10.1. The van der Waals surface area contributed by atoms with E-state index in [0.29, 0.717) is 11.9 Å². The Labute approximate surface area is 125 Å². The number of hydrogen-bond acceptors (Lipinski definition) is 6. The Morgan fingerprint density at radius 1 is 1.47 bits per heavy atom. The number of thioether (sulfide) groups is 2. The zero-order valence-corrected chi connectivity index (χ0v) is 13.3. The van der Waals surface area contributed by atoms with Crippen molar-refractivity contribution < 1.29 is 9.53 Å². The number of fused-ring (bicyclic) bond motifs is 1. The number of carbonyl (C=O) groups is 1. The quantitative estimate of drug-likeness (QED) is 0.801. The lowest BCUT2D eigenvalue weighted by molar-refractivity contribution is -0.145. The molecular weight excluding hydrogens is 298 g/mol. The third-order valence-electron chi connectivity index (χ3n) is 3.40. The maximum absolute atomic E-state index is 11.9. The molecular formula is C13H17NO2S3. The highest BCUT2D eigenvalue weighted by Gasteiger charge is 2.34. The maximum atomic E-state index is 11.9. The van der Waals surface area contributed by atoms with Gasteiger partial charge in [0.1, 0.15) is 10.9 Å². The van der Waals surface area contributed by atoms with Gasteiger partial charge in [0.2, 0.25) is 0 Å². The number of esters is 1. The molecule has 0 radical (unpaired) electrons. The average Bonchev–Trinajstić information content (AvgIpc) is 2.99. The molecule has 0 amide bonds. The number of ether oxygens (including phenoxy) is 1. The van der Waals surface area contributed by atoms with E-state index in [1.807, 2.05) is 41.8 Å². The zero-order chi connectivity index (χ0) is 13.2. The summed E-state index contributed by atoms with van der Waals surface area (Å²) < 4.78 is 5.15. The zero-order valence-electron chi connectivity index (χ0n) is 10.9. The van der Waals surface area contributed by atoms with Gasteiger partial charge in [0.05, 0.1) is 17.6 Å². The summed E-state index contributed by atoms with van der Waals surface area (Å²) in [4.78, 5) is 18.0. The predicted octanol–water partition coefficient (Wildman–Crippen LogP) is 3.26. The van der Waals surface area contributed by atoms with Crippen molar-refractivity contribution in [2.45, 2.75) is 30.9 Å². The number of nitrogens with zero attached hydrogens (tertiary/aromatic N) is 1. The van der Waals surface area contributed by atoms with Crippen LogP contribution in [-0.4, -0.2) is 34.8 Å². The summed E-state index contributed by atoms with van der Waals surface area (Å²) in [5, 5.41) is 1.74. The Balaban J connectivity index is 1.78. The summed E-state index contributed by atoms with van der Waals surface area (Å²) in [7, 11) is 0. The molecule has 0 N–H and O–H groups in total. The number of aryl methyl sites for hydroxylation is 1. The van der Waals surface area contributed by atoms with Gasteiger partial charge in [-0.15, -0.1) is 23.1 Å². The molecule has 2 heterocycles. The van der Waals surface area contributed by atoms with Crippen LogP contribution in [0.1, 0.15) is 40.1 Å². The fourth-order valence-corrected chi connectivity index (χ4v) is 6.61. The van der Waals surface area contributed by atoms with E-state index in [4.69, 9.17) is 9.72 Å². The molecule has 2 unspecified atom stereocenters. The van der Waals surface area contributed by atoms with Gasteiger partial charge in [-0.05, 0) is 19.8 Å². The van der Waals surface area contributed by atoms with Gasteiger partial charge >= 0.3 is 5.97 Å². The van der Waals surface area contributed by atoms with E-state index >= 15 is 0 Å². The minimum Gasteiger partial charge on any atom is -0.465 e. The first kappa shape index (κ1) is 13.8. The summed E-state index contributed by atoms with van der Waals surface area (Å²) in [6.45, 7) is 2.31. The van der Waals surface area contributed by atoms with Crippen molar-refractivity contribution in [1.82, 2.24) is 4.98 Å². The van der Waals surface area contributed by atoms with Gasteiger partial charge < -0.3 is 4.74 Å². The third-order valence-corrected chi connectivity index (χ3v) is 7.55. The molecule has 1 aromatic heterocycles. The molecule has 1 aliphatic heterocycles. The van der Waals surface area contributed by atoms with Gasteiger partial charge in [0.25, 0.3) is 0 Å². The Kier molecular flexibility index (Phi) is 4.39. The first-order valence-corrected chi connectivity index (χ1v) is 9.67. The van der Waals surface area contributed by atoms with Gasteiger partial charge in [0, 0.05) is 22.1 Å². The largest absolute Gasteiger partial charge is 0.465 e. The SMILES string of the molecule is CCOC(=O)C1CCc2sc(C3CSCCS3)nc21. The molecule has 19 heavy (non-hydrogen) atoms. The molecule has 3 rings (SSSR count). The lowest BCUT2D eigenvalue weighted by Gasteiger charge is -2.18. The molecule has 104 valence electrons. The summed E-state index contributed by atoms with van der Waals surface area (Å²) >= 11 is 5.83. The van der Waals surface area contributed by atoms with E-state index < -0.39 is 0 Å². The smallest absolute Gasteiger partial charge is 0.315 e. The molecule has 1 aromatic rings. The fraction of sp³-hybridized carbons (Fsp3) is 0.692. The number of thiazole rings is 1. The van der Waals surface area contributed by atoms with Gasteiger partial charge in [-0.25, -0.2) is 4.98 Å². The van der Waals surface area contributed by atoms with Crippen molar-refractivity contribution in [2.24, 2.45) is 0 Å². The third kappa shape index (κ3) is 2.81. The highest BCUT2D eigenvalue weighted by atomic mass is 32.2. The van der Waals surface area contributed by atoms with Crippen LogP contribution in [0.15, 0.2) is 0 Å². The van der Waals surface area contributed by atoms with E-state index in [9.17, 15) is 4.79 Å². The topological polar surface area (TPSA) is 39.2 Å². The monoisotopic (exact) mass is 315 g/mol. The minimum absolute atomic E-state index is 0.0937. The van der Waals surface area contributed by atoms with Gasteiger partial charge in [-0.2, -0.15) is 11.8 Å². The minimum atomic E-state index is -0.110. The molecule has 1 aliphatic carbocycles. The fourth-order valence-electron chi connectivity index (χ4n) is 2.49. The molecule has 2 aliphatic rings. The summed E-state index contributed by atoms with van der Waals surface area (Å²) in [5.74, 6) is 3.41. The van der Waals surface area contributed by atoms with Crippen molar-refractivity contribution in [3.8, 4) is 0 Å². The second-order valence-electron chi connectivity index (χ2n) is 4.64. The first-order chi connectivity index (χ1) is 9.29. The standard InChI is InChI=1S/C13H17NO2S3/c1-2-16-13(15)8-3-4-9-11(8)14-12(19-9)10-7-17-5-6-18-10/h8,10H,2-7H2,1H3. The summed E-state index contributed by atoms with van der Waals surface area (Å²) in [5.41, 5.74) is 1.01. The maximum Gasteiger partial charge on any atom is 0.315 e. The van der Waals surface area contributed by atoms with Gasteiger partial charge in [-0.1, -0.05) is 0 Å². The van der Waals surface area contributed by atoms with Crippen LogP contribution in [-0.2, 0) is 16.0 Å². The number of carbonyl (C=O) groups excluding carboxylic acids is 1. The first-order valence-electron chi connectivity index (χ1n) is 6.65. The van der Waals surface area contributed by atoms with E-state index in [1.165, 1.54) is 21.4 Å². The average molecular weight is 315 g/mol. The van der Waals surface area contributed by atoms with Gasteiger partial charge in [-0.3, -0.25) is 4.79 Å². The van der Waals surface area contributed by atoms with Crippen LogP contribution in [0.2, 0.25) is 0 Å². The molecule has 0 saturated carbocycles. The van der Waals surface area contributed by atoms with Crippen LogP contribution < -0.4 is 0 Å². The van der Waals surface area contributed by atoms with Crippen LogP contribution in [0.4, 0.5) is 0 Å². The number of rotatable bonds is 3. The molecule has 0 spiro atoms. The van der Waals surface area contributed by atoms with Crippen LogP contribution in [0.25, 0.3) is 0 Å². The summed E-state index contributed by atoms with van der Waals surface area (Å²) in [6.07, 6.45) is 1.86. The highest BCUT2D eigenvalue weighted by Crippen LogP contribution is 2.43. The van der Waals surface area contributed by atoms with Crippen molar-refractivity contribution in [1.29, 1.82) is 0 Å². The Morgan fingerprint density at radius 3 is 3.11 bits per heavy atom. The Bertz CT molecular complexity index is 468. The Morgan fingerprint density at radius 2 is 2.37 bits per heavy atom. The van der Waals surface area contributed by atoms with E-state index in [0.717, 1.165) is 24.3 Å². The van der Waals surface area contributed by atoms with Crippen LogP contribution in [0.3, 0.4) is 0 Å². The van der Waals surface area contributed by atoms with Crippen LogP contribution in [0.5, 0.6) is 0 Å². The van der Waals surface area contributed by atoms with Crippen molar-refractivity contribution in [2.75, 3.05) is 23.9 Å². The molecule has 3 nitrogen and oxygen atoms in total. The number of aromatic nitrogens is 1. The Hall–Kier alpha value is -0.200. The van der Waals surface area contributed by atoms with Crippen molar-refractivity contribution in [3.05, 3.63) is 15.6 Å². The van der Waals surface area contributed by atoms with E-state index in [-0.39, 0.29) is 11.9 Å². The molecule has 6 heteroatoms. The van der Waals surface area contributed by atoms with E-state index in [2.05, 4.69) is 0 Å².